The lowest BCUT2D eigenvalue weighted by molar-refractivity contribution is -0.274. The van der Waals surface area contributed by atoms with E-state index in [-0.39, 0.29) is 29.5 Å². The van der Waals surface area contributed by atoms with Gasteiger partial charge in [0.2, 0.25) is 17.8 Å². The number of amides is 2. The van der Waals surface area contributed by atoms with Gasteiger partial charge in [0.05, 0.1) is 11.5 Å². The molecule has 2 atom stereocenters. The van der Waals surface area contributed by atoms with Gasteiger partial charge < -0.3 is 20.3 Å². The highest BCUT2D eigenvalue weighted by atomic mass is 19.4. The molecule has 1 saturated heterocycles. The Hall–Kier alpha value is -3.57. The summed E-state index contributed by atoms with van der Waals surface area (Å²) < 4.78 is 41.3. The number of benzene rings is 1. The molecule has 33 heavy (non-hydrogen) atoms. The third-order valence-corrected chi connectivity index (χ3v) is 5.67. The summed E-state index contributed by atoms with van der Waals surface area (Å²) in [6.45, 7) is 2.72. The van der Waals surface area contributed by atoms with E-state index in [0.29, 0.717) is 12.5 Å². The summed E-state index contributed by atoms with van der Waals surface area (Å²) in [4.78, 5) is 47.2. The number of carbonyl (C=O) groups excluding carboxylic acids is 2. The standard InChI is InChI=1S/C21H22F3N5O4/c1-11-5-2-3-8-29(11)20-27-17-16(19(32)28-20)14(10-15(30)26-17)18(31)25-12-6-4-7-13(9-12)33-21(22,23)24/h4,6-7,9,11,14H,2-3,5,8,10H2,1H3,(H,25,31)(H2,26,27,28,30,32)/t11-,14+/m0/s1. The maximum Gasteiger partial charge on any atom is 0.573 e. The Bertz CT molecular complexity index is 1130. The van der Waals surface area contributed by atoms with Crippen LogP contribution in [0.1, 0.15) is 44.1 Å². The normalized spacial score (nSPS) is 20.6. The van der Waals surface area contributed by atoms with Gasteiger partial charge in [-0.2, -0.15) is 4.98 Å². The molecular weight excluding hydrogens is 443 g/mol. The van der Waals surface area contributed by atoms with Crippen LogP contribution in [0.25, 0.3) is 0 Å². The van der Waals surface area contributed by atoms with E-state index in [4.69, 9.17) is 0 Å². The van der Waals surface area contributed by atoms with Crippen molar-refractivity contribution in [3.05, 3.63) is 40.2 Å². The van der Waals surface area contributed by atoms with E-state index in [2.05, 4.69) is 25.3 Å². The molecule has 0 aliphatic carbocycles. The van der Waals surface area contributed by atoms with Crippen LogP contribution in [-0.4, -0.2) is 40.7 Å². The fraction of sp³-hybridized carbons (Fsp3) is 0.429. The number of carbonyl (C=O) groups is 2. The third-order valence-electron chi connectivity index (χ3n) is 5.67. The molecule has 12 heteroatoms. The van der Waals surface area contributed by atoms with Gasteiger partial charge in [-0.05, 0) is 38.3 Å². The van der Waals surface area contributed by atoms with Gasteiger partial charge in [0.25, 0.3) is 5.56 Å². The first kappa shape index (κ1) is 22.6. The number of anilines is 3. The summed E-state index contributed by atoms with van der Waals surface area (Å²) >= 11 is 0. The third kappa shape index (κ3) is 5.10. The Morgan fingerprint density at radius 2 is 2.06 bits per heavy atom. The van der Waals surface area contributed by atoms with Crippen molar-refractivity contribution in [3.8, 4) is 5.75 Å². The lowest BCUT2D eigenvalue weighted by atomic mass is 9.92. The van der Waals surface area contributed by atoms with Gasteiger partial charge in [-0.3, -0.25) is 19.4 Å². The summed E-state index contributed by atoms with van der Waals surface area (Å²) in [5.74, 6) is -2.55. The molecule has 1 fully saturated rings. The van der Waals surface area contributed by atoms with Crippen molar-refractivity contribution in [3.63, 3.8) is 0 Å². The van der Waals surface area contributed by atoms with Crippen LogP contribution >= 0.6 is 0 Å². The van der Waals surface area contributed by atoms with Crippen LogP contribution in [0.3, 0.4) is 0 Å². The maximum absolute atomic E-state index is 12.9. The van der Waals surface area contributed by atoms with Crippen LogP contribution in [0.5, 0.6) is 5.75 Å². The molecule has 4 rings (SSSR count). The molecule has 3 N–H and O–H groups in total. The van der Waals surface area contributed by atoms with E-state index in [1.165, 1.54) is 12.1 Å². The van der Waals surface area contributed by atoms with Crippen LogP contribution < -0.4 is 25.8 Å². The van der Waals surface area contributed by atoms with E-state index >= 15 is 0 Å². The number of rotatable bonds is 4. The van der Waals surface area contributed by atoms with Crippen LogP contribution in [-0.2, 0) is 9.59 Å². The first-order chi connectivity index (χ1) is 15.6. The lowest BCUT2D eigenvalue weighted by Gasteiger charge is -2.34. The number of aromatic nitrogens is 2. The van der Waals surface area contributed by atoms with Gasteiger partial charge in [-0.1, -0.05) is 6.07 Å². The molecular formula is C21H22F3N5O4. The second-order valence-corrected chi connectivity index (χ2v) is 8.06. The predicted octanol–water partition coefficient (Wildman–Crippen LogP) is 3.11. The number of aromatic amines is 1. The van der Waals surface area contributed by atoms with E-state index in [1.54, 1.807) is 0 Å². The number of hydrogen-bond donors (Lipinski definition) is 3. The van der Waals surface area contributed by atoms with Crippen molar-refractivity contribution in [2.75, 3.05) is 22.1 Å². The number of nitrogens with zero attached hydrogens (tertiary/aromatic N) is 2. The fourth-order valence-electron chi connectivity index (χ4n) is 4.13. The van der Waals surface area contributed by atoms with Crippen molar-refractivity contribution >= 4 is 29.3 Å². The zero-order chi connectivity index (χ0) is 23.8. The number of nitrogens with one attached hydrogen (secondary N) is 3. The van der Waals surface area contributed by atoms with Crippen molar-refractivity contribution in [2.24, 2.45) is 0 Å². The van der Waals surface area contributed by atoms with Gasteiger partial charge in [0.1, 0.15) is 11.6 Å². The maximum atomic E-state index is 12.9. The highest BCUT2D eigenvalue weighted by molar-refractivity contribution is 6.04. The van der Waals surface area contributed by atoms with Gasteiger partial charge in [-0.15, -0.1) is 13.2 Å². The second-order valence-electron chi connectivity index (χ2n) is 8.06. The van der Waals surface area contributed by atoms with Gasteiger partial charge in [-0.25, -0.2) is 0 Å². The second kappa shape index (κ2) is 8.75. The molecule has 2 aromatic rings. The quantitative estimate of drug-likeness (QED) is 0.639. The largest absolute Gasteiger partial charge is 0.573 e. The summed E-state index contributed by atoms with van der Waals surface area (Å²) in [7, 11) is 0. The van der Waals surface area contributed by atoms with Crippen molar-refractivity contribution in [1.82, 2.24) is 9.97 Å². The molecule has 0 spiro atoms. The SMILES string of the molecule is C[C@H]1CCCCN1c1nc2c(c(=O)[nH]1)[C@H](C(=O)Nc1cccc(OC(F)(F)F)c1)CC(=O)N2. The number of piperidine rings is 1. The van der Waals surface area contributed by atoms with E-state index < -0.39 is 35.4 Å². The summed E-state index contributed by atoms with van der Waals surface area (Å²) in [6.07, 6.45) is -2.23. The molecule has 176 valence electrons. The van der Waals surface area contributed by atoms with E-state index in [9.17, 15) is 27.6 Å². The topological polar surface area (TPSA) is 116 Å². The first-order valence-electron chi connectivity index (χ1n) is 10.5. The van der Waals surface area contributed by atoms with Crippen LogP contribution in [0, 0.1) is 0 Å². The highest BCUT2D eigenvalue weighted by Crippen LogP contribution is 2.32. The zero-order valence-corrected chi connectivity index (χ0v) is 17.7. The molecule has 9 nitrogen and oxygen atoms in total. The van der Waals surface area contributed by atoms with Crippen molar-refractivity contribution < 1.29 is 27.5 Å². The Balaban J connectivity index is 1.60. The molecule has 0 bridgehead atoms. The molecule has 0 unspecified atom stereocenters. The van der Waals surface area contributed by atoms with Crippen molar-refractivity contribution in [1.29, 1.82) is 0 Å². The Kier molecular flexibility index (Phi) is 6.00. The number of H-pyrrole nitrogens is 1. The average Bonchev–Trinajstić information content (AvgIpc) is 2.72. The lowest BCUT2D eigenvalue weighted by Crippen LogP contribution is -2.42. The molecule has 2 aliphatic heterocycles. The van der Waals surface area contributed by atoms with Crippen LogP contribution in [0.15, 0.2) is 29.1 Å². The molecule has 2 aliphatic rings. The van der Waals surface area contributed by atoms with Crippen LogP contribution in [0.4, 0.5) is 30.6 Å². The molecule has 0 saturated carbocycles. The molecule has 1 aromatic carbocycles. The van der Waals surface area contributed by atoms with Crippen molar-refractivity contribution in [2.45, 2.75) is 50.9 Å². The van der Waals surface area contributed by atoms with Gasteiger partial charge in [0, 0.05) is 30.8 Å². The Morgan fingerprint density at radius 1 is 1.27 bits per heavy atom. The molecule has 3 heterocycles. The number of fused-ring (bicyclic) bond motifs is 1. The number of alkyl halides is 3. The van der Waals surface area contributed by atoms with Gasteiger partial charge in [0.15, 0.2) is 0 Å². The minimum absolute atomic E-state index is 0.00297. The average molecular weight is 465 g/mol. The van der Waals surface area contributed by atoms with Crippen LogP contribution in [0.2, 0.25) is 0 Å². The fourth-order valence-corrected chi connectivity index (χ4v) is 4.13. The van der Waals surface area contributed by atoms with Gasteiger partial charge >= 0.3 is 6.36 Å². The highest BCUT2D eigenvalue weighted by Gasteiger charge is 2.36. The minimum atomic E-state index is -4.88. The van der Waals surface area contributed by atoms with E-state index in [1.807, 2.05) is 11.8 Å². The monoisotopic (exact) mass is 465 g/mol. The number of hydrogen-bond acceptors (Lipinski definition) is 6. The first-order valence-corrected chi connectivity index (χ1v) is 10.5. The summed E-state index contributed by atoms with van der Waals surface area (Å²) in [5, 5.41) is 5.01. The minimum Gasteiger partial charge on any atom is -0.406 e. The number of ether oxygens (including phenoxy) is 1. The van der Waals surface area contributed by atoms with E-state index in [0.717, 1.165) is 31.4 Å². The predicted molar refractivity (Wildman–Crippen MR) is 113 cm³/mol. The summed E-state index contributed by atoms with van der Waals surface area (Å²) in [6, 6.07) is 4.89. The molecule has 0 radical (unpaired) electrons. The Morgan fingerprint density at radius 3 is 2.79 bits per heavy atom. The summed E-state index contributed by atoms with van der Waals surface area (Å²) in [5.41, 5.74) is -0.525. The Labute approximate surface area is 186 Å². The smallest absolute Gasteiger partial charge is 0.406 e. The zero-order valence-electron chi connectivity index (χ0n) is 17.7. The molecule has 1 aromatic heterocycles. The number of halogens is 3. The molecule has 2 amide bonds.